The number of hydrogen-bond acceptors (Lipinski definition) is 7. The molecule has 1 aromatic heterocycles. The predicted molar refractivity (Wildman–Crippen MR) is 130 cm³/mol. The monoisotopic (exact) mass is 496 g/mol. The van der Waals surface area contributed by atoms with Gasteiger partial charge in [0, 0.05) is 25.0 Å². The highest BCUT2D eigenvalue weighted by molar-refractivity contribution is 7.92. The van der Waals surface area contributed by atoms with Crippen LogP contribution in [0, 0.1) is 0 Å². The van der Waals surface area contributed by atoms with Gasteiger partial charge < -0.3 is 20.1 Å². The number of pyridine rings is 1. The van der Waals surface area contributed by atoms with Gasteiger partial charge in [0.05, 0.1) is 22.7 Å². The normalized spacial score (nSPS) is 12.1. The first-order valence-corrected chi connectivity index (χ1v) is 12.4. The molecule has 0 saturated carbocycles. The van der Waals surface area contributed by atoms with Crippen molar-refractivity contribution < 1.29 is 27.5 Å². The lowest BCUT2D eigenvalue weighted by Crippen LogP contribution is -2.39. The maximum Gasteiger partial charge on any atom is 0.253 e. The van der Waals surface area contributed by atoms with Crippen molar-refractivity contribution in [1.82, 2.24) is 10.3 Å². The van der Waals surface area contributed by atoms with Gasteiger partial charge >= 0.3 is 0 Å². The van der Waals surface area contributed by atoms with Crippen LogP contribution in [-0.2, 0) is 21.4 Å². The number of aromatic nitrogens is 1. The van der Waals surface area contributed by atoms with Crippen molar-refractivity contribution in [3.8, 4) is 11.5 Å². The number of nitrogens with zero attached hydrogens (tertiary/aromatic N) is 2. The van der Waals surface area contributed by atoms with E-state index in [1.807, 2.05) is 6.07 Å². The topological polar surface area (TPSA) is 127 Å². The summed E-state index contributed by atoms with van der Waals surface area (Å²) in [4.78, 5) is 29.7. The molecule has 0 unspecified atom stereocenters. The van der Waals surface area contributed by atoms with Gasteiger partial charge in [0.1, 0.15) is 6.54 Å². The van der Waals surface area contributed by atoms with E-state index < -0.39 is 28.4 Å². The molecule has 10 nitrogen and oxygen atoms in total. The largest absolute Gasteiger partial charge is 0.454 e. The average molecular weight is 497 g/mol. The van der Waals surface area contributed by atoms with Gasteiger partial charge in [0.25, 0.3) is 5.91 Å². The number of carbonyl (C=O) groups is 2. The number of sulfonamides is 1. The van der Waals surface area contributed by atoms with Gasteiger partial charge in [-0.1, -0.05) is 18.2 Å². The number of hydrogen-bond donors (Lipinski definition) is 2. The molecule has 0 saturated heterocycles. The molecule has 0 atom stereocenters. The highest BCUT2D eigenvalue weighted by atomic mass is 32.2. The van der Waals surface area contributed by atoms with Crippen LogP contribution >= 0.6 is 0 Å². The number of ether oxygens (including phenoxy) is 2. The van der Waals surface area contributed by atoms with Crippen LogP contribution in [0.3, 0.4) is 0 Å². The zero-order valence-corrected chi connectivity index (χ0v) is 19.7. The SMILES string of the molecule is CCS(=O)(=O)N(CC(=O)Nc1ccccc1C(=O)NCc1cccnc1)c1ccc2c(c1)OCO2. The zero-order chi connectivity index (χ0) is 24.8. The van der Waals surface area contributed by atoms with E-state index in [-0.39, 0.29) is 36.0 Å². The molecule has 2 heterocycles. The third-order valence-corrected chi connectivity index (χ3v) is 6.99. The maximum atomic E-state index is 12.9. The standard InChI is InChI=1S/C24H24N4O6S/c1-2-35(31,32)28(18-9-10-21-22(12-18)34-16-33-21)15-23(29)27-20-8-4-3-7-19(20)24(30)26-14-17-6-5-11-25-13-17/h3-13H,2,14-16H2,1H3,(H,26,30)(H,27,29). The van der Waals surface area contributed by atoms with Crippen LogP contribution in [0.4, 0.5) is 11.4 Å². The quantitative estimate of drug-likeness (QED) is 0.466. The zero-order valence-electron chi connectivity index (χ0n) is 18.9. The summed E-state index contributed by atoms with van der Waals surface area (Å²) in [6.07, 6.45) is 3.29. The minimum absolute atomic E-state index is 0.0411. The summed E-state index contributed by atoms with van der Waals surface area (Å²) in [5.41, 5.74) is 1.61. The van der Waals surface area contributed by atoms with E-state index in [4.69, 9.17) is 9.47 Å². The lowest BCUT2D eigenvalue weighted by atomic mass is 10.1. The summed E-state index contributed by atoms with van der Waals surface area (Å²) >= 11 is 0. The van der Waals surface area contributed by atoms with Crippen molar-refractivity contribution in [2.75, 3.05) is 28.7 Å². The molecule has 0 radical (unpaired) electrons. The van der Waals surface area contributed by atoms with Gasteiger partial charge in [0.2, 0.25) is 22.7 Å². The Hall–Kier alpha value is -4.12. The summed E-state index contributed by atoms with van der Waals surface area (Å²) in [7, 11) is -3.79. The fraction of sp³-hybridized carbons (Fsp3) is 0.208. The molecule has 182 valence electrons. The molecule has 2 N–H and O–H groups in total. The van der Waals surface area contributed by atoms with Gasteiger partial charge in [0.15, 0.2) is 11.5 Å². The van der Waals surface area contributed by atoms with Crippen molar-refractivity contribution in [3.63, 3.8) is 0 Å². The smallest absolute Gasteiger partial charge is 0.253 e. The Labute approximate surface area is 202 Å². The average Bonchev–Trinajstić information content (AvgIpc) is 3.34. The van der Waals surface area contributed by atoms with E-state index in [0.29, 0.717) is 11.5 Å². The molecule has 2 amide bonds. The fourth-order valence-electron chi connectivity index (χ4n) is 3.44. The highest BCUT2D eigenvalue weighted by Crippen LogP contribution is 2.36. The number of anilines is 2. The Kier molecular flexibility index (Phi) is 7.16. The summed E-state index contributed by atoms with van der Waals surface area (Å²) in [6, 6.07) is 14.8. The molecule has 35 heavy (non-hydrogen) atoms. The van der Waals surface area contributed by atoms with Crippen LogP contribution in [0.15, 0.2) is 67.0 Å². The minimum Gasteiger partial charge on any atom is -0.454 e. The van der Waals surface area contributed by atoms with E-state index in [1.54, 1.807) is 54.9 Å². The molecule has 1 aliphatic rings. The molecule has 0 spiro atoms. The van der Waals surface area contributed by atoms with Crippen LogP contribution in [0.1, 0.15) is 22.8 Å². The summed E-state index contributed by atoms with van der Waals surface area (Å²) in [5.74, 6) is -0.305. The summed E-state index contributed by atoms with van der Waals surface area (Å²) in [6.45, 7) is 1.32. The second-order valence-corrected chi connectivity index (χ2v) is 9.76. The predicted octanol–water partition coefficient (Wildman–Crippen LogP) is 2.54. The Morgan fingerprint density at radius 3 is 2.63 bits per heavy atom. The van der Waals surface area contributed by atoms with E-state index in [9.17, 15) is 18.0 Å². The first-order valence-electron chi connectivity index (χ1n) is 10.8. The third kappa shape index (κ3) is 5.69. The first kappa shape index (κ1) is 24.0. The second-order valence-electron chi connectivity index (χ2n) is 7.58. The van der Waals surface area contributed by atoms with Crippen molar-refractivity contribution in [1.29, 1.82) is 0 Å². The van der Waals surface area contributed by atoms with Crippen molar-refractivity contribution in [2.45, 2.75) is 13.5 Å². The molecule has 2 aromatic carbocycles. The maximum absolute atomic E-state index is 12.9. The molecule has 1 aliphatic heterocycles. The van der Waals surface area contributed by atoms with Gasteiger partial charge in [-0.3, -0.25) is 18.9 Å². The number of fused-ring (bicyclic) bond motifs is 1. The third-order valence-electron chi connectivity index (χ3n) is 5.25. The van der Waals surface area contributed by atoms with Crippen molar-refractivity contribution in [3.05, 3.63) is 78.1 Å². The molecular formula is C24H24N4O6S. The van der Waals surface area contributed by atoms with E-state index >= 15 is 0 Å². The number of carbonyl (C=O) groups excluding carboxylic acids is 2. The van der Waals surface area contributed by atoms with Gasteiger partial charge in [-0.2, -0.15) is 0 Å². The van der Waals surface area contributed by atoms with Gasteiger partial charge in [-0.05, 0) is 42.8 Å². The first-order chi connectivity index (χ1) is 16.9. The molecular weight excluding hydrogens is 472 g/mol. The fourth-order valence-corrected chi connectivity index (χ4v) is 4.50. The Morgan fingerprint density at radius 1 is 1.06 bits per heavy atom. The van der Waals surface area contributed by atoms with Gasteiger partial charge in [-0.15, -0.1) is 0 Å². The van der Waals surface area contributed by atoms with E-state index in [0.717, 1.165) is 9.87 Å². The Bertz CT molecular complexity index is 1330. The van der Waals surface area contributed by atoms with Crippen LogP contribution in [-0.4, -0.2) is 44.3 Å². The van der Waals surface area contributed by atoms with Crippen LogP contribution in [0.2, 0.25) is 0 Å². The molecule has 4 rings (SSSR count). The van der Waals surface area contributed by atoms with Crippen LogP contribution in [0.25, 0.3) is 0 Å². The molecule has 11 heteroatoms. The van der Waals surface area contributed by atoms with Gasteiger partial charge in [-0.25, -0.2) is 8.42 Å². The number of benzene rings is 2. The lowest BCUT2D eigenvalue weighted by Gasteiger charge is -2.23. The van der Waals surface area contributed by atoms with Crippen LogP contribution < -0.4 is 24.4 Å². The van der Waals surface area contributed by atoms with E-state index in [2.05, 4.69) is 15.6 Å². The highest BCUT2D eigenvalue weighted by Gasteiger charge is 2.26. The minimum atomic E-state index is -3.79. The number of rotatable bonds is 9. The van der Waals surface area contributed by atoms with Crippen molar-refractivity contribution >= 4 is 33.2 Å². The lowest BCUT2D eigenvalue weighted by molar-refractivity contribution is -0.114. The second kappa shape index (κ2) is 10.4. The molecule has 0 bridgehead atoms. The molecule has 3 aromatic rings. The summed E-state index contributed by atoms with van der Waals surface area (Å²) in [5, 5.41) is 5.45. The van der Waals surface area contributed by atoms with Crippen LogP contribution in [0.5, 0.6) is 11.5 Å². The Balaban J connectivity index is 1.50. The van der Waals surface area contributed by atoms with E-state index in [1.165, 1.54) is 13.0 Å². The molecule has 0 aliphatic carbocycles. The van der Waals surface area contributed by atoms with Crippen molar-refractivity contribution in [2.24, 2.45) is 0 Å². The molecule has 0 fully saturated rings. The number of amides is 2. The summed E-state index contributed by atoms with van der Waals surface area (Å²) < 4.78 is 37.2. The number of nitrogens with one attached hydrogen (secondary N) is 2. The number of para-hydroxylation sites is 1. The Morgan fingerprint density at radius 2 is 1.86 bits per heavy atom.